The molecule has 4 nitrogen and oxygen atoms in total. The fraction of sp³-hybridized carbons (Fsp3) is 0.143. The lowest BCUT2D eigenvalue weighted by Gasteiger charge is -1.99. The maximum atomic E-state index is 11.0. The zero-order chi connectivity index (χ0) is 9.14. The second-order valence-electron chi connectivity index (χ2n) is 2.16. The zero-order valence-corrected chi connectivity index (χ0v) is 6.89. The molecule has 0 radical (unpaired) electrons. The minimum absolute atomic E-state index is 0.284. The van der Waals surface area contributed by atoms with Gasteiger partial charge in [0.25, 0.3) is 5.56 Å². The van der Waals surface area contributed by atoms with Gasteiger partial charge in [0.05, 0.1) is 10.9 Å². The number of rotatable bonds is 2. The van der Waals surface area contributed by atoms with Gasteiger partial charge in [0.1, 0.15) is 0 Å². The molecule has 0 spiro atoms. The Balaban J connectivity index is 3.27. The van der Waals surface area contributed by atoms with Crippen molar-refractivity contribution >= 4 is 11.6 Å². The van der Waals surface area contributed by atoms with Crippen LogP contribution >= 0.6 is 11.6 Å². The van der Waals surface area contributed by atoms with Gasteiger partial charge in [-0.3, -0.25) is 9.78 Å². The molecule has 0 fully saturated rings. The third kappa shape index (κ3) is 1.65. The number of alkyl halides is 1. The van der Waals surface area contributed by atoms with Gasteiger partial charge in [0.2, 0.25) is 0 Å². The summed E-state index contributed by atoms with van der Waals surface area (Å²) in [6.07, 6.45) is 2.69. The van der Waals surface area contributed by atoms with Crippen molar-refractivity contribution in [3.05, 3.63) is 45.3 Å². The molecular formula is C7H7ClN2O2. The molecule has 0 saturated carbocycles. The van der Waals surface area contributed by atoms with Crippen molar-refractivity contribution in [2.75, 3.05) is 0 Å². The summed E-state index contributed by atoms with van der Waals surface area (Å²) >= 11 is 5.69. The Bertz CT molecular complexity index is 393. The van der Waals surface area contributed by atoms with Gasteiger partial charge in [-0.1, -0.05) is 6.08 Å². The van der Waals surface area contributed by atoms with Crippen LogP contribution in [0, 0.1) is 0 Å². The first-order valence-electron chi connectivity index (χ1n) is 3.23. The maximum absolute atomic E-state index is 11.0. The van der Waals surface area contributed by atoms with Crippen LogP contribution in [0.1, 0.15) is 10.9 Å². The summed E-state index contributed by atoms with van der Waals surface area (Å²) in [6.45, 7) is 3.42. The van der Waals surface area contributed by atoms with E-state index in [1.807, 2.05) is 0 Å². The van der Waals surface area contributed by atoms with Crippen molar-refractivity contribution in [2.24, 2.45) is 0 Å². The van der Waals surface area contributed by atoms with Crippen molar-refractivity contribution in [3.8, 4) is 0 Å². The normalized spacial score (nSPS) is 12.4. The fourth-order valence-corrected chi connectivity index (χ4v) is 0.914. The highest BCUT2D eigenvalue weighted by molar-refractivity contribution is 6.21. The number of aromatic nitrogens is 2. The molecule has 1 aromatic heterocycles. The summed E-state index contributed by atoms with van der Waals surface area (Å²) in [5, 5.41) is -0.578. The Morgan fingerprint density at radius 3 is 2.75 bits per heavy atom. The number of nitrogens with one attached hydrogen (secondary N) is 2. The van der Waals surface area contributed by atoms with E-state index in [4.69, 9.17) is 11.6 Å². The molecule has 1 heterocycles. The summed E-state index contributed by atoms with van der Waals surface area (Å²) in [4.78, 5) is 26.0. The van der Waals surface area contributed by atoms with Crippen LogP contribution in [0.15, 0.2) is 28.4 Å². The van der Waals surface area contributed by atoms with Crippen LogP contribution in [0.3, 0.4) is 0 Å². The molecule has 1 atom stereocenters. The predicted molar refractivity (Wildman–Crippen MR) is 46.5 cm³/mol. The van der Waals surface area contributed by atoms with Crippen molar-refractivity contribution in [1.29, 1.82) is 0 Å². The average Bonchev–Trinajstić information content (AvgIpc) is 2.03. The van der Waals surface area contributed by atoms with Crippen LogP contribution in [-0.4, -0.2) is 9.97 Å². The quantitative estimate of drug-likeness (QED) is 0.523. The fourth-order valence-electron chi connectivity index (χ4n) is 0.752. The molecule has 0 aliphatic rings. The van der Waals surface area contributed by atoms with E-state index in [0.29, 0.717) is 0 Å². The Morgan fingerprint density at radius 2 is 2.25 bits per heavy atom. The van der Waals surface area contributed by atoms with Gasteiger partial charge in [-0.05, 0) is 0 Å². The Morgan fingerprint density at radius 1 is 1.58 bits per heavy atom. The smallest absolute Gasteiger partial charge is 0.314 e. The Labute approximate surface area is 72.9 Å². The van der Waals surface area contributed by atoms with Crippen molar-refractivity contribution in [3.63, 3.8) is 0 Å². The van der Waals surface area contributed by atoms with Gasteiger partial charge in [0, 0.05) is 6.20 Å². The lowest BCUT2D eigenvalue weighted by Crippen LogP contribution is -2.24. The summed E-state index contributed by atoms with van der Waals surface area (Å²) < 4.78 is 0. The molecule has 1 rings (SSSR count). The van der Waals surface area contributed by atoms with Crippen LogP contribution in [0.4, 0.5) is 0 Å². The largest absolute Gasteiger partial charge is 0.325 e. The van der Waals surface area contributed by atoms with Crippen molar-refractivity contribution in [2.45, 2.75) is 5.38 Å². The molecule has 0 amide bonds. The topological polar surface area (TPSA) is 65.7 Å². The first-order chi connectivity index (χ1) is 5.65. The van der Waals surface area contributed by atoms with E-state index in [1.54, 1.807) is 0 Å². The van der Waals surface area contributed by atoms with E-state index in [9.17, 15) is 9.59 Å². The monoisotopic (exact) mass is 186 g/mol. The van der Waals surface area contributed by atoms with Crippen LogP contribution in [0.2, 0.25) is 0 Å². The first kappa shape index (κ1) is 8.80. The van der Waals surface area contributed by atoms with Gasteiger partial charge in [-0.25, -0.2) is 4.79 Å². The number of H-pyrrole nitrogens is 2. The van der Waals surface area contributed by atoms with Crippen molar-refractivity contribution in [1.82, 2.24) is 9.97 Å². The van der Waals surface area contributed by atoms with Gasteiger partial charge >= 0.3 is 5.69 Å². The highest BCUT2D eigenvalue weighted by atomic mass is 35.5. The van der Waals surface area contributed by atoms with Crippen LogP contribution in [-0.2, 0) is 0 Å². The van der Waals surface area contributed by atoms with Crippen LogP contribution in [0.25, 0.3) is 0 Å². The third-order valence-electron chi connectivity index (χ3n) is 1.35. The number of allylic oxidation sites excluding steroid dienone is 1. The molecular weight excluding hydrogens is 180 g/mol. The molecule has 64 valence electrons. The molecule has 0 saturated heterocycles. The van der Waals surface area contributed by atoms with Crippen LogP contribution < -0.4 is 11.2 Å². The third-order valence-corrected chi connectivity index (χ3v) is 1.77. The van der Waals surface area contributed by atoms with Gasteiger partial charge in [0.15, 0.2) is 0 Å². The number of halogens is 1. The predicted octanol–water partition coefficient (Wildman–Crippen LogP) is 0.529. The van der Waals surface area contributed by atoms with Gasteiger partial charge in [-0.15, -0.1) is 18.2 Å². The number of hydrogen-bond acceptors (Lipinski definition) is 2. The highest BCUT2D eigenvalue weighted by Crippen LogP contribution is 2.15. The second kappa shape index (κ2) is 3.40. The molecule has 0 bridgehead atoms. The average molecular weight is 187 g/mol. The lowest BCUT2D eigenvalue weighted by molar-refractivity contribution is 0.975. The zero-order valence-electron chi connectivity index (χ0n) is 6.13. The molecule has 0 aromatic carbocycles. The standard InChI is InChI=1S/C7H7ClN2O2/c1-2-5(8)4-3-9-7(12)10-6(4)11/h2-3,5H,1H2,(H2,9,10,11,12). The van der Waals surface area contributed by atoms with E-state index in [1.165, 1.54) is 12.3 Å². The molecule has 5 heteroatoms. The molecule has 0 aliphatic heterocycles. The van der Waals surface area contributed by atoms with E-state index in [2.05, 4.69) is 16.5 Å². The Kier molecular flexibility index (Phi) is 2.50. The highest BCUT2D eigenvalue weighted by Gasteiger charge is 2.07. The SMILES string of the molecule is C=CC(Cl)c1c[nH]c(=O)[nH]c1=O. The van der Waals surface area contributed by atoms with E-state index < -0.39 is 16.6 Å². The Hall–Kier alpha value is -1.29. The van der Waals surface area contributed by atoms with Gasteiger partial charge in [-0.2, -0.15) is 0 Å². The van der Waals surface area contributed by atoms with Crippen LogP contribution in [0.5, 0.6) is 0 Å². The molecule has 12 heavy (non-hydrogen) atoms. The minimum atomic E-state index is -0.578. The summed E-state index contributed by atoms with van der Waals surface area (Å²) in [6, 6.07) is 0. The van der Waals surface area contributed by atoms with Gasteiger partial charge < -0.3 is 4.98 Å². The summed E-state index contributed by atoms with van der Waals surface area (Å²) in [7, 11) is 0. The number of aromatic amines is 2. The second-order valence-corrected chi connectivity index (χ2v) is 2.63. The summed E-state index contributed by atoms with van der Waals surface area (Å²) in [5.41, 5.74) is -0.749. The summed E-state index contributed by atoms with van der Waals surface area (Å²) in [5.74, 6) is 0. The van der Waals surface area contributed by atoms with E-state index in [0.717, 1.165) is 0 Å². The molecule has 2 N–H and O–H groups in total. The molecule has 1 aromatic rings. The molecule has 0 aliphatic carbocycles. The number of hydrogen-bond donors (Lipinski definition) is 2. The maximum Gasteiger partial charge on any atom is 0.325 e. The first-order valence-corrected chi connectivity index (χ1v) is 3.67. The minimum Gasteiger partial charge on any atom is -0.314 e. The van der Waals surface area contributed by atoms with E-state index in [-0.39, 0.29) is 5.56 Å². The van der Waals surface area contributed by atoms with Crippen molar-refractivity contribution < 1.29 is 0 Å². The molecule has 1 unspecified atom stereocenters. The lowest BCUT2D eigenvalue weighted by atomic mass is 10.2. The van der Waals surface area contributed by atoms with E-state index >= 15 is 0 Å².